The molecular formula is C23H27N3O4S. The molecule has 4 rings (SSSR count). The third-order valence-corrected chi connectivity index (χ3v) is 7.73. The van der Waals surface area contributed by atoms with Crippen LogP contribution in [0.15, 0.2) is 59.6 Å². The van der Waals surface area contributed by atoms with Gasteiger partial charge in [0, 0.05) is 42.7 Å². The SMILES string of the molecule is COc1cccc(CCNC(=O)C2CCN(S(=O)(=O)c3ccc4[nH]ccc4c3)CC2)c1. The first-order valence-corrected chi connectivity index (χ1v) is 11.9. The smallest absolute Gasteiger partial charge is 0.243 e. The first-order valence-electron chi connectivity index (χ1n) is 10.5. The summed E-state index contributed by atoms with van der Waals surface area (Å²) in [6.45, 7) is 1.24. The monoisotopic (exact) mass is 441 g/mol. The Morgan fingerprint density at radius 2 is 1.97 bits per heavy atom. The number of sulfonamides is 1. The zero-order valence-corrected chi connectivity index (χ0v) is 18.3. The highest BCUT2D eigenvalue weighted by Crippen LogP contribution is 2.26. The van der Waals surface area contributed by atoms with Crippen LogP contribution in [0.2, 0.25) is 0 Å². The summed E-state index contributed by atoms with van der Waals surface area (Å²) in [5, 5.41) is 3.86. The van der Waals surface area contributed by atoms with Crippen molar-refractivity contribution in [3.8, 4) is 5.75 Å². The molecule has 1 amide bonds. The van der Waals surface area contributed by atoms with Crippen molar-refractivity contribution in [2.24, 2.45) is 5.92 Å². The van der Waals surface area contributed by atoms with Gasteiger partial charge in [-0.1, -0.05) is 12.1 Å². The Bertz CT molecular complexity index is 1160. The van der Waals surface area contributed by atoms with Crippen LogP contribution in [0.1, 0.15) is 18.4 Å². The van der Waals surface area contributed by atoms with Crippen molar-refractivity contribution in [3.05, 3.63) is 60.3 Å². The summed E-state index contributed by atoms with van der Waals surface area (Å²) in [5.74, 6) is 0.630. The van der Waals surface area contributed by atoms with Crippen LogP contribution < -0.4 is 10.1 Å². The summed E-state index contributed by atoms with van der Waals surface area (Å²) in [4.78, 5) is 15.9. The minimum absolute atomic E-state index is 0.00585. The fourth-order valence-electron chi connectivity index (χ4n) is 4.00. The van der Waals surface area contributed by atoms with Gasteiger partial charge in [0.05, 0.1) is 12.0 Å². The maximum Gasteiger partial charge on any atom is 0.243 e. The van der Waals surface area contributed by atoms with Crippen LogP contribution in [0.3, 0.4) is 0 Å². The highest BCUT2D eigenvalue weighted by molar-refractivity contribution is 7.89. The summed E-state index contributed by atoms with van der Waals surface area (Å²) in [6, 6.07) is 14.7. The Hall–Kier alpha value is -2.84. The Balaban J connectivity index is 1.29. The zero-order valence-electron chi connectivity index (χ0n) is 17.5. The molecule has 1 aromatic heterocycles. The van der Waals surface area contributed by atoms with Crippen LogP contribution in [0.25, 0.3) is 10.9 Å². The number of hydrogen-bond donors (Lipinski definition) is 2. The van der Waals surface area contributed by atoms with E-state index in [1.54, 1.807) is 31.5 Å². The van der Waals surface area contributed by atoms with Gasteiger partial charge in [0.25, 0.3) is 0 Å². The van der Waals surface area contributed by atoms with E-state index in [0.29, 0.717) is 37.4 Å². The van der Waals surface area contributed by atoms with Gasteiger partial charge in [0.1, 0.15) is 5.75 Å². The number of rotatable bonds is 7. The molecule has 7 nitrogen and oxygen atoms in total. The summed E-state index contributed by atoms with van der Waals surface area (Å²) < 4.78 is 32.7. The Morgan fingerprint density at radius 3 is 2.74 bits per heavy atom. The predicted molar refractivity (Wildman–Crippen MR) is 119 cm³/mol. The van der Waals surface area contributed by atoms with Crippen LogP contribution >= 0.6 is 0 Å². The molecule has 0 spiro atoms. The average Bonchev–Trinajstić information content (AvgIpc) is 3.27. The van der Waals surface area contributed by atoms with Crippen molar-refractivity contribution in [3.63, 3.8) is 0 Å². The highest BCUT2D eigenvalue weighted by atomic mass is 32.2. The quantitative estimate of drug-likeness (QED) is 0.590. The number of H-pyrrole nitrogens is 1. The van der Waals surface area contributed by atoms with Gasteiger partial charge >= 0.3 is 0 Å². The Labute approximate surface area is 182 Å². The van der Waals surface area contributed by atoms with E-state index in [2.05, 4.69) is 10.3 Å². The van der Waals surface area contributed by atoms with E-state index in [0.717, 1.165) is 28.6 Å². The molecule has 0 saturated carbocycles. The molecule has 1 aliphatic rings. The van der Waals surface area contributed by atoms with Gasteiger partial charge in [-0.15, -0.1) is 0 Å². The molecule has 0 bridgehead atoms. The number of nitrogens with zero attached hydrogens (tertiary/aromatic N) is 1. The number of nitrogens with one attached hydrogen (secondary N) is 2. The molecule has 0 atom stereocenters. The van der Waals surface area contributed by atoms with Crippen molar-refractivity contribution in [2.75, 3.05) is 26.7 Å². The van der Waals surface area contributed by atoms with E-state index >= 15 is 0 Å². The van der Waals surface area contributed by atoms with Crippen LogP contribution in [0.5, 0.6) is 5.75 Å². The number of carbonyl (C=O) groups excluding carboxylic acids is 1. The Kier molecular flexibility index (Phi) is 6.29. The first-order chi connectivity index (χ1) is 15.0. The molecule has 1 saturated heterocycles. The number of hydrogen-bond acceptors (Lipinski definition) is 4. The second kappa shape index (κ2) is 9.11. The molecule has 2 aromatic carbocycles. The number of aromatic nitrogens is 1. The molecule has 0 aliphatic carbocycles. The second-order valence-corrected chi connectivity index (χ2v) is 9.74. The maximum atomic E-state index is 13.0. The fourth-order valence-corrected chi connectivity index (χ4v) is 5.51. The fraction of sp³-hybridized carbons (Fsp3) is 0.348. The molecule has 2 N–H and O–H groups in total. The largest absolute Gasteiger partial charge is 0.497 e. The standard InChI is InChI=1S/C23H27N3O4S/c1-30-20-4-2-3-17(15-20)7-11-25-23(27)18-9-13-26(14-10-18)31(28,29)21-5-6-22-19(16-21)8-12-24-22/h2-6,8,12,15-16,18,24H,7,9-11,13-14H2,1H3,(H,25,27). The van der Waals surface area contributed by atoms with E-state index in [4.69, 9.17) is 4.74 Å². The van der Waals surface area contributed by atoms with Gasteiger partial charge in [-0.05, 0) is 61.2 Å². The summed E-state index contributed by atoms with van der Waals surface area (Å²) in [7, 11) is -1.93. The van der Waals surface area contributed by atoms with Crippen LogP contribution in [0, 0.1) is 5.92 Å². The molecule has 1 fully saturated rings. The van der Waals surface area contributed by atoms with Gasteiger partial charge in [-0.2, -0.15) is 4.31 Å². The van der Waals surface area contributed by atoms with Gasteiger partial charge in [-0.25, -0.2) is 8.42 Å². The van der Waals surface area contributed by atoms with Crippen molar-refractivity contribution in [2.45, 2.75) is 24.2 Å². The highest BCUT2D eigenvalue weighted by Gasteiger charge is 2.32. The molecule has 8 heteroatoms. The number of benzene rings is 2. The number of methoxy groups -OCH3 is 1. The normalized spacial score (nSPS) is 15.8. The average molecular weight is 442 g/mol. The van der Waals surface area contributed by atoms with E-state index in [1.807, 2.05) is 30.3 Å². The lowest BCUT2D eigenvalue weighted by Crippen LogP contribution is -2.43. The summed E-state index contributed by atoms with van der Waals surface area (Å²) in [6.07, 6.45) is 3.56. The summed E-state index contributed by atoms with van der Waals surface area (Å²) >= 11 is 0. The van der Waals surface area contributed by atoms with E-state index in [-0.39, 0.29) is 11.8 Å². The second-order valence-electron chi connectivity index (χ2n) is 7.80. The molecule has 0 radical (unpaired) electrons. The number of aromatic amines is 1. The lowest BCUT2D eigenvalue weighted by molar-refractivity contribution is -0.126. The lowest BCUT2D eigenvalue weighted by Gasteiger charge is -2.30. The van der Waals surface area contributed by atoms with E-state index in [1.165, 1.54) is 4.31 Å². The van der Waals surface area contributed by atoms with Crippen LogP contribution in [0.4, 0.5) is 0 Å². The summed E-state index contributed by atoms with van der Waals surface area (Å²) in [5.41, 5.74) is 2.00. The van der Waals surface area contributed by atoms with Gasteiger partial charge < -0.3 is 15.0 Å². The molecule has 0 unspecified atom stereocenters. The minimum atomic E-state index is -3.56. The molecule has 31 heavy (non-hydrogen) atoms. The number of piperidine rings is 1. The molecular weight excluding hydrogens is 414 g/mol. The van der Waals surface area contributed by atoms with Gasteiger partial charge in [-0.3, -0.25) is 4.79 Å². The van der Waals surface area contributed by atoms with E-state index < -0.39 is 10.0 Å². The molecule has 164 valence electrons. The van der Waals surface area contributed by atoms with Crippen molar-refractivity contribution >= 4 is 26.8 Å². The van der Waals surface area contributed by atoms with Crippen molar-refractivity contribution in [1.29, 1.82) is 0 Å². The molecule has 3 aromatic rings. The third kappa shape index (κ3) is 4.75. The number of carbonyl (C=O) groups is 1. The number of amides is 1. The van der Waals surface area contributed by atoms with Crippen molar-refractivity contribution in [1.82, 2.24) is 14.6 Å². The molecule has 2 heterocycles. The number of ether oxygens (including phenoxy) is 1. The van der Waals surface area contributed by atoms with Crippen LogP contribution in [-0.4, -0.2) is 50.4 Å². The number of fused-ring (bicyclic) bond motifs is 1. The van der Waals surface area contributed by atoms with E-state index in [9.17, 15) is 13.2 Å². The molecule has 1 aliphatic heterocycles. The van der Waals surface area contributed by atoms with Crippen molar-refractivity contribution < 1.29 is 17.9 Å². The minimum Gasteiger partial charge on any atom is -0.497 e. The third-order valence-electron chi connectivity index (χ3n) is 5.83. The lowest BCUT2D eigenvalue weighted by atomic mass is 9.97. The first kappa shape index (κ1) is 21.4. The van der Waals surface area contributed by atoms with Gasteiger partial charge in [0.15, 0.2) is 0 Å². The van der Waals surface area contributed by atoms with Crippen LogP contribution in [-0.2, 0) is 21.2 Å². The zero-order chi connectivity index (χ0) is 21.8. The topological polar surface area (TPSA) is 91.5 Å². The van der Waals surface area contributed by atoms with Gasteiger partial charge in [0.2, 0.25) is 15.9 Å². The Morgan fingerprint density at radius 1 is 1.16 bits per heavy atom. The maximum absolute atomic E-state index is 13.0. The predicted octanol–water partition coefficient (Wildman–Crippen LogP) is 2.94.